The molecule has 1 N–H and O–H groups in total. The highest BCUT2D eigenvalue weighted by atomic mass is 19.4. The summed E-state index contributed by atoms with van der Waals surface area (Å²) in [6.45, 7) is -0.158. The molecule has 9 heteroatoms. The first kappa shape index (κ1) is 14.3. The van der Waals surface area contributed by atoms with Crippen molar-refractivity contribution in [1.82, 2.24) is 10.4 Å². The molecule has 1 aliphatic heterocycles. The molecule has 0 bridgehead atoms. The Labute approximate surface area is 111 Å². The number of alkyl halides is 3. The van der Waals surface area contributed by atoms with Gasteiger partial charge in [0.2, 0.25) is 5.91 Å². The number of rotatable bonds is 3. The number of hydrogen-bond acceptors (Lipinski definition) is 4. The van der Waals surface area contributed by atoms with Crippen molar-refractivity contribution in [3.63, 3.8) is 0 Å². The van der Waals surface area contributed by atoms with Crippen molar-refractivity contribution in [3.05, 3.63) is 39.9 Å². The molecule has 0 unspecified atom stereocenters. The lowest BCUT2D eigenvalue weighted by molar-refractivity contribution is -0.386. The average molecular weight is 289 g/mol. The summed E-state index contributed by atoms with van der Waals surface area (Å²) in [5.74, 6) is -0.544. The third-order valence-electron chi connectivity index (χ3n) is 2.90. The van der Waals surface area contributed by atoms with E-state index < -0.39 is 34.3 Å². The molecule has 1 aromatic carbocycles. The van der Waals surface area contributed by atoms with E-state index >= 15 is 0 Å². The van der Waals surface area contributed by atoms with Gasteiger partial charge >= 0.3 is 6.18 Å². The fourth-order valence-corrected chi connectivity index (χ4v) is 2.09. The van der Waals surface area contributed by atoms with Crippen LogP contribution in [-0.4, -0.2) is 28.6 Å². The maximum absolute atomic E-state index is 13.2. The van der Waals surface area contributed by atoms with Crippen molar-refractivity contribution in [1.29, 1.82) is 0 Å². The Morgan fingerprint density at radius 2 is 2.00 bits per heavy atom. The molecule has 0 saturated carbocycles. The standard InChI is InChI=1S/C11H10F3N3O3/c12-11(13,14)10(16-6-5-9(18)15-16)7-3-1-2-4-8(7)17(19)20/h1-4,10H,5-6H2,(H,15,18)/t10-/m0/s1. The molecule has 6 nitrogen and oxygen atoms in total. The van der Waals surface area contributed by atoms with Crippen LogP contribution in [-0.2, 0) is 4.79 Å². The van der Waals surface area contributed by atoms with Crippen LogP contribution in [0.15, 0.2) is 24.3 Å². The summed E-state index contributed by atoms with van der Waals surface area (Å²) in [6, 6.07) is 2.39. The van der Waals surface area contributed by atoms with E-state index in [2.05, 4.69) is 5.43 Å². The Hall–Kier alpha value is -2.16. The molecule has 1 amide bonds. The highest BCUT2D eigenvalue weighted by Gasteiger charge is 2.49. The molecule has 0 aromatic heterocycles. The first-order chi connectivity index (χ1) is 9.30. The van der Waals surface area contributed by atoms with Crippen molar-refractivity contribution in [2.24, 2.45) is 0 Å². The number of carbonyl (C=O) groups excluding carboxylic acids is 1. The minimum atomic E-state index is -4.75. The monoisotopic (exact) mass is 289 g/mol. The molecular formula is C11H10F3N3O3. The molecule has 2 rings (SSSR count). The average Bonchev–Trinajstić information content (AvgIpc) is 2.74. The highest BCUT2D eigenvalue weighted by Crippen LogP contribution is 2.41. The Bertz CT molecular complexity index is 547. The van der Waals surface area contributed by atoms with Gasteiger partial charge in [-0.2, -0.15) is 13.2 Å². The normalized spacial score (nSPS) is 17.9. The topological polar surface area (TPSA) is 75.5 Å². The zero-order chi connectivity index (χ0) is 14.9. The first-order valence-corrected chi connectivity index (χ1v) is 5.67. The van der Waals surface area contributed by atoms with Gasteiger partial charge in [-0.05, 0) is 0 Å². The third-order valence-corrected chi connectivity index (χ3v) is 2.90. The molecule has 1 fully saturated rings. The number of nitrogens with one attached hydrogen (secondary N) is 1. The minimum Gasteiger partial charge on any atom is -0.288 e. The fraction of sp³-hybridized carbons (Fsp3) is 0.364. The second kappa shape index (κ2) is 5.08. The second-order valence-corrected chi connectivity index (χ2v) is 4.24. The lowest BCUT2D eigenvalue weighted by Crippen LogP contribution is -2.43. The predicted octanol–water partition coefficient (Wildman–Crippen LogP) is 1.94. The number of carbonyl (C=O) groups is 1. The smallest absolute Gasteiger partial charge is 0.288 e. The van der Waals surface area contributed by atoms with Crippen LogP contribution in [0.25, 0.3) is 0 Å². The maximum Gasteiger partial charge on any atom is 0.410 e. The summed E-state index contributed by atoms with van der Waals surface area (Å²) in [7, 11) is 0. The number of benzene rings is 1. The van der Waals surface area contributed by atoms with E-state index in [-0.39, 0.29) is 13.0 Å². The number of nitrogens with zero attached hydrogens (tertiary/aromatic N) is 2. The molecule has 1 aliphatic rings. The number of nitro groups is 1. The maximum atomic E-state index is 13.2. The van der Waals surface area contributed by atoms with Crippen LogP contribution in [0.5, 0.6) is 0 Å². The van der Waals surface area contributed by atoms with Crippen LogP contribution in [0.4, 0.5) is 18.9 Å². The van der Waals surface area contributed by atoms with Gasteiger partial charge in [0.15, 0.2) is 6.04 Å². The van der Waals surface area contributed by atoms with Crippen LogP contribution < -0.4 is 5.43 Å². The van der Waals surface area contributed by atoms with Crippen molar-refractivity contribution < 1.29 is 22.9 Å². The Balaban J connectivity index is 2.47. The van der Waals surface area contributed by atoms with Crippen molar-refractivity contribution in [2.45, 2.75) is 18.6 Å². The zero-order valence-corrected chi connectivity index (χ0v) is 10.1. The molecule has 1 aromatic rings. The first-order valence-electron chi connectivity index (χ1n) is 5.67. The fourth-order valence-electron chi connectivity index (χ4n) is 2.09. The number of halogens is 3. The molecule has 0 radical (unpaired) electrons. The van der Waals surface area contributed by atoms with E-state index in [9.17, 15) is 28.1 Å². The van der Waals surface area contributed by atoms with Crippen LogP contribution in [0.2, 0.25) is 0 Å². The Kier molecular flexibility index (Phi) is 3.62. The lowest BCUT2D eigenvalue weighted by Gasteiger charge is -2.28. The van der Waals surface area contributed by atoms with Gasteiger partial charge in [-0.25, -0.2) is 5.01 Å². The minimum absolute atomic E-state index is 0.0762. The summed E-state index contributed by atoms with van der Waals surface area (Å²) in [5.41, 5.74) is 0.955. The van der Waals surface area contributed by atoms with Gasteiger partial charge in [-0.15, -0.1) is 0 Å². The Morgan fingerprint density at radius 3 is 2.50 bits per heavy atom. The van der Waals surface area contributed by atoms with Gasteiger partial charge in [0.1, 0.15) is 0 Å². The molecule has 0 aliphatic carbocycles. The predicted molar refractivity (Wildman–Crippen MR) is 61.4 cm³/mol. The Morgan fingerprint density at radius 1 is 1.35 bits per heavy atom. The van der Waals surface area contributed by atoms with Crippen LogP contribution in [0.3, 0.4) is 0 Å². The van der Waals surface area contributed by atoms with Gasteiger partial charge in [0.05, 0.1) is 10.5 Å². The quantitative estimate of drug-likeness (QED) is 0.681. The van der Waals surface area contributed by atoms with Gasteiger partial charge in [0, 0.05) is 19.0 Å². The van der Waals surface area contributed by atoms with Crippen LogP contribution >= 0.6 is 0 Å². The molecule has 0 spiro atoms. The SMILES string of the molecule is O=C1CCN([C@@H](c2ccccc2[N+](=O)[O-])C(F)(F)F)N1. The summed E-state index contributed by atoms with van der Waals surface area (Å²) in [5, 5.41) is 11.5. The summed E-state index contributed by atoms with van der Waals surface area (Å²) in [6.07, 6.45) is -4.82. The number of amides is 1. The number of hydrazine groups is 1. The van der Waals surface area contributed by atoms with Crippen molar-refractivity contribution in [3.8, 4) is 0 Å². The van der Waals surface area contributed by atoms with Crippen molar-refractivity contribution in [2.75, 3.05) is 6.54 Å². The summed E-state index contributed by atoms with van der Waals surface area (Å²) < 4.78 is 39.6. The van der Waals surface area contributed by atoms with Gasteiger partial charge < -0.3 is 0 Å². The van der Waals surface area contributed by atoms with E-state index in [0.717, 1.165) is 12.1 Å². The van der Waals surface area contributed by atoms with Gasteiger partial charge in [0.25, 0.3) is 5.69 Å². The van der Waals surface area contributed by atoms with E-state index in [1.807, 2.05) is 0 Å². The van der Waals surface area contributed by atoms with Gasteiger partial charge in [-0.3, -0.25) is 20.3 Å². The second-order valence-electron chi connectivity index (χ2n) is 4.24. The van der Waals surface area contributed by atoms with E-state index in [4.69, 9.17) is 0 Å². The van der Waals surface area contributed by atoms with E-state index in [1.54, 1.807) is 0 Å². The number of para-hydroxylation sites is 1. The van der Waals surface area contributed by atoms with Crippen LogP contribution in [0, 0.1) is 10.1 Å². The number of nitro benzene ring substituents is 1. The van der Waals surface area contributed by atoms with Crippen molar-refractivity contribution >= 4 is 11.6 Å². The highest BCUT2D eigenvalue weighted by molar-refractivity contribution is 5.77. The largest absolute Gasteiger partial charge is 0.410 e. The molecular weight excluding hydrogens is 279 g/mol. The summed E-state index contributed by atoms with van der Waals surface area (Å²) in [4.78, 5) is 21.1. The molecule has 1 heterocycles. The van der Waals surface area contributed by atoms with Crippen LogP contribution in [0.1, 0.15) is 18.0 Å². The molecule has 20 heavy (non-hydrogen) atoms. The molecule has 1 saturated heterocycles. The molecule has 1 atom stereocenters. The van der Waals surface area contributed by atoms with E-state index in [1.165, 1.54) is 12.1 Å². The zero-order valence-electron chi connectivity index (χ0n) is 10.1. The van der Waals surface area contributed by atoms with Gasteiger partial charge in [-0.1, -0.05) is 18.2 Å². The van der Waals surface area contributed by atoms with E-state index in [0.29, 0.717) is 5.01 Å². The summed E-state index contributed by atoms with van der Waals surface area (Å²) >= 11 is 0. The lowest BCUT2D eigenvalue weighted by atomic mass is 10.0. The number of hydrogen-bond donors (Lipinski definition) is 1. The third kappa shape index (κ3) is 2.72. The molecule has 108 valence electrons.